The average Bonchev–Trinajstić information content (AvgIpc) is 3.48. The van der Waals surface area contributed by atoms with Crippen LogP contribution in [0.2, 0.25) is 0 Å². The highest BCUT2D eigenvalue weighted by Crippen LogP contribution is 2.33. The van der Waals surface area contributed by atoms with Gasteiger partial charge in [-0.15, -0.1) is 0 Å². The molecule has 0 atom stereocenters. The Kier molecular flexibility index (Phi) is 6.22. The van der Waals surface area contributed by atoms with Gasteiger partial charge in [0.25, 0.3) is 5.91 Å². The van der Waals surface area contributed by atoms with Gasteiger partial charge in [-0.3, -0.25) is 9.69 Å². The second-order valence-corrected chi connectivity index (χ2v) is 10.4. The molecule has 0 N–H and O–H groups in total. The fourth-order valence-corrected chi connectivity index (χ4v) is 5.95. The fraction of sp³-hybridized carbons (Fsp3) is 0.433. The molecule has 0 saturated carbocycles. The van der Waals surface area contributed by atoms with Gasteiger partial charge in [0.05, 0.1) is 0 Å². The van der Waals surface area contributed by atoms with E-state index in [1.807, 2.05) is 6.07 Å². The van der Waals surface area contributed by atoms with Crippen molar-refractivity contribution in [3.05, 3.63) is 81.7 Å². The van der Waals surface area contributed by atoms with Crippen LogP contribution in [0.25, 0.3) is 0 Å². The van der Waals surface area contributed by atoms with E-state index in [4.69, 9.17) is 9.47 Å². The van der Waals surface area contributed by atoms with Crippen molar-refractivity contribution in [1.29, 1.82) is 0 Å². The molecule has 0 unspecified atom stereocenters. The number of nitrogens with zero attached hydrogens (tertiary/aromatic N) is 3. The van der Waals surface area contributed by atoms with E-state index in [2.05, 4.69) is 64.6 Å². The first-order valence-electron chi connectivity index (χ1n) is 13.2. The summed E-state index contributed by atoms with van der Waals surface area (Å²) in [4.78, 5) is 18.4. The maximum Gasteiger partial charge on any atom is 0.270 e. The van der Waals surface area contributed by atoms with Gasteiger partial charge < -0.3 is 18.9 Å². The lowest BCUT2D eigenvalue weighted by molar-refractivity contribution is 0.0617. The van der Waals surface area contributed by atoms with Crippen molar-refractivity contribution >= 4 is 5.91 Å². The number of hydrogen-bond acceptors (Lipinski definition) is 4. The Morgan fingerprint density at radius 1 is 0.833 bits per heavy atom. The number of carbonyl (C=O) groups excluding carboxylic acids is 1. The molecule has 2 aromatic carbocycles. The number of fused-ring (bicyclic) bond motifs is 2. The quantitative estimate of drug-likeness (QED) is 0.525. The standard InChI is InChI=1S/C30H35N3O3/c1-21-7-9-23(10-8-21)19-33-26-6-4-3-5-25(26)22(2)29(33)30(34)32-15-13-31(14-16-32)18-24-11-12-27-28(17-24)36-20-35-27/h7-12,17H,3-6,13-16,18-20H2,1-2H3. The Bertz CT molecular complexity index is 1270. The number of aryl methyl sites for hydroxylation is 1. The predicted octanol–water partition coefficient (Wildman–Crippen LogP) is 4.72. The van der Waals surface area contributed by atoms with Crippen molar-refractivity contribution in [2.75, 3.05) is 33.0 Å². The second kappa shape index (κ2) is 9.66. The third-order valence-corrected chi connectivity index (χ3v) is 8.01. The first-order chi connectivity index (χ1) is 17.6. The van der Waals surface area contributed by atoms with Gasteiger partial charge in [0, 0.05) is 45.0 Å². The summed E-state index contributed by atoms with van der Waals surface area (Å²) in [5.41, 5.74) is 8.64. The smallest absolute Gasteiger partial charge is 0.270 e. The molecule has 1 amide bonds. The number of piperazine rings is 1. The molecule has 2 aliphatic heterocycles. The third kappa shape index (κ3) is 4.39. The number of amides is 1. The topological polar surface area (TPSA) is 46.9 Å². The zero-order valence-corrected chi connectivity index (χ0v) is 21.4. The summed E-state index contributed by atoms with van der Waals surface area (Å²) < 4.78 is 13.3. The van der Waals surface area contributed by atoms with E-state index >= 15 is 0 Å². The van der Waals surface area contributed by atoms with Gasteiger partial charge in [0.2, 0.25) is 6.79 Å². The number of aromatic nitrogens is 1. The Morgan fingerprint density at radius 3 is 2.36 bits per heavy atom. The van der Waals surface area contributed by atoms with Crippen LogP contribution in [-0.2, 0) is 25.9 Å². The normalized spacial score (nSPS) is 17.3. The van der Waals surface area contributed by atoms with Crippen LogP contribution >= 0.6 is 0 Å². The minimum atomic E-state index is 0.191. The molecule has 188 valence electrons. The Morgan fingerprint density at radius 2 is 1.56 bits per heavy atom. The fourth-order valence-electron chi connectivity index (χ4n) is 5.95. The molecule has 0 radical (unpaired) electrons. The molecule has 0 bridgehead atoms. The minimum absolute atomic E-state index is 0.191. The van der Waals surface area contributed by atoms with Gasteiger partial charge in [-0.05, 0) is 73.9 Å². The molecule has 6 rings (SSSR count). The maximum atomic E-state index is 14.0. The van der Waals surface area contributed by atoms with Crippen LogP contribution < -0.4 is 9.47 Å². The molecular formula is C30H35N3O3. The maximum absolute atomic E-state index is 14.0. The van der Waals surface area contributed by atoms with Gasteiger partial charge >= 0.3 is 0 Å². The number of hydrogen-bond donors (Lipinski definition) is 0. The first kappa shape index (κ1) is 23.2. The zero-order valence-electron chi connectivity index (χ0n) is 21.4. The lowest BCUT2D eigenvalue weighted by atomic mass is 9.95. The number of benzene rings is 2. The van der Waals surface area contributed by atoms with Crippen LogP contribution in [-0.4, -0.2) is 53.2 Å². The molecule has 3 heterocycles. The first-order valence-corrected chi connectivity index (χ1v) is 13.2. The van der Waals surface area contributed by atoms with E-state index in [1.165, 1.54) is 46.4 Å². The Labute approximate surface area is 213 Å². The van der Waals surface area contributed by atoms with E-state index in [9.17, 15) is 4.79 Å². The van der Waals surface area contributed by atoms with Crippen molar-refractivity contribution in [2.24, 2.45) is 0 Å². The van der Waals surface area contributed by atoms with Crippen molar-refractivity contribution in [3.63, 3.8) is 0 Å². The van der Waals surface area contributed by atoms with Gasteiger partial charge in [-0.2, -0.15) is 0 Å². The molecule has 0 spiro atoms. The van der Waals surface area contributed by atoms with Crippen LogP contribution in [0.4, 0.5) is 0 Å². The summed E-state index contributed by atoms with van der Waals surface area (Å²) in [5, 5.41) is 0. The average molecular weight is 486 g/mol. The summed E-state index contributed by atoms with van der Waals surface area (Å²) in [7, 11) is 0. The number of rotatable bonds is 5. The summed E-state index contributed by atoms with van der Waals surface area (Å²) in [6.07, 6.45) is 4.58. The summed E-state index contributed by atoms with van der Waals surface area (Å²) >= 11 is 0. The second-order valence-electron chi connectivity index (χ2n) is 10.4. The summed E-state index contributed by atoms with van der Waals surface area (Å²) in [5.74, 6) is 1.84. The van der Waals surface area contributed by atoms with Crippen molar-refractivity contribution in [2.45, 2.75) is 52.6 Å². The molecule has 6 heteroatoms. The van der Waals surface area contributed by atoms with Gasteiger partial charge in [0.1, 0.15) is 5.69 Å². The van der Waals surface area contributed by atoms with E-state index < -0.39 is 0 Å². The van der Waals surface area contributed by atoms with Gasteiger partial charge in [0.15, 0.2) is 11.5 Å². The van der Waals surface area contributed by atoms with Crippen LogP contribution in [0.5, 0.6) is 11.5 Å². The lowest BCUT2D eigenvalue weighted by Crippen LogP contribution is -2.48. The largest absolute Gasteiger partial charge is 0.454 e. The summed E-state index contributed by atoms with van der Waals surface area (Å²) in [6.45, 7) is 9.46. The number of ether oxygens (including phenoxy) is 2. The molecular weight excluding hydrogens is 450 g/mol. The van der Waals surface area contributed by atoms with Gasteiger partial charge in [-0.1, -0.05) is 35.9 Å². The van der Waals surface area contributed by atoms with E-state index in [1.54, 1.807) is 0 Å². The molecule has 6 nitrogen and oxygen atoms in total. The molecule has 1 saturated heterocycles. The monoisotopic (exact) mass is 485 g/mol. The number of carbonyl (C=O) groups is 1. The van der Waals surface area contributed by atoms with E-state index in [0.717, 1.165) is 69.3 Å². The highest BCUT2D eigenvalue weighted by molar-refractivity contribution is 5.95. The zero-order chi connectivity index (χ0) is 24.6. The van der Waals surface area contributed by atoms with Crippen molar-refractivity contribution < 1.29 is 14.3 Å². The lowest BCUT2D eigenvalue weighted by Gasteiger charge is -2.35. The molecule has 1 aromatic heterocycles. The van der Waals surface area contributed by atoms with Crippen LogP contribution in [0, 0.1) is 13.8 Å². The third-order valence-electron chi connectivity index (χ3n) is 8.01. The molecule has 3 aromatic rings. The highest BCUT2D eigenvalue weighted by Gasteiger charge is 2.30. The van der Waals surface area contributed by atoms with Crippen LogP contribution in [0.3, 0.4) is 0 Å². The summed E-state index contributed by atoms with van der Waals surface area (Å²) in [6, 6.07) is 14.9. The molecule has 36 heavy (non-hydrogen) atoms. The van der Waals surface area contributed by atoms with Gasteiger partial charge in [-0.25, -0.2) is 0 Å². The van der Waals surface area contributed by atoms with E-state index in [0.29, 0.717) is 6.79 Å². The van der Waals surface area contributed by atoms with Crippen LogP contribution in [0.15, 0.2) is 42.5 Å². The predicted molar refractivity (Wildman–Crippen MR) is 140 cm³/mol. The SMILES string of the molecule is Cc1ccc(Cn2c3c(c(C)c2C(=O)N2CCN(Cc4ccc5c(c4)OCO5)CC2)CCCC3)cc1. The van der Waals surface area contributed by atoms with Crippen LogP contribution in [0.1, 0.15) is 56.8 Å². The molecule has 3 aliphatic rings. The molecule has 1 fully saturated rings. The highest BCUT2D eigenvalue weighted by atomic mass is 16.7. The van der Waals surface area contributed by atoms with E-state index in [-0.39, 0.29) is 5.91 Å². The van der Waals surface area contributed by atoms with Crippen molar-refractivity contribution in [3.8, 4) is 11.5 Å². The van der Waals surface area contributed by atoms with Crippen molar-refractivity contribution in [1.82, 2.24) is 14.4 Å². The minimum Gasteiger partial charge on any atom is -0.454 e. The Balaban J connectivity index is 1.18. The molecule has 1 aliphatic carbocycles. The Hall–Kier alpha value is -3.25.